The minimum atomic E-state index is 0.757. The zero-order valence-electron chi connectivity index (χ0n) is 11.4. The number of hydrogen-bond acceptors (Lipinski definition) is 3. The fourth-order valence-electron chi connectivity index (χ4n) is 2.00. The molecule has 0 saturated carbocycles. The van der Waals surface area contributed by atoms with Gasteiger partial charge >= 0.3 is 0 Å². The summed E-state index contributed by atoms with van der Waals surface area (Å²) in [6.07, 6.45) is 2.09. The van der Waals surface area contributed by atoms with E-state index in [2.05, 4.69) is 44.7 Å². The molecule has 1 N–H and O–H groups in total. The first kappa shape index (κ1) is 14.1. The maximum Gasteiger partial charge on any atom is 0.133 e. The molecule has 19 heavy (non-hydrogen) atoms. The van der Waals surface area contributed by atoms with E-state index in [0.29, 0.717) is 0 Å². The van der Waals surface area contributed by atoms with Gasteiger partial charge < -0.3 is 10.1 Å². The molecule has 0 fully saturated rings. The van der Waals surface area contributed by atoms with Crippen molar-refractivity contribution < 1.29 is 4.74 Å². The zero-order chi connectivity index (χ0) is 13.8. The summed E-state index contributed by atoms with van der Waals surface area (Å²) in [6, 6.07) is 6.08. The second-order valence-corrected chi connectivity index (χ2v) is 5.29. The molecule has 2 rings (SSSR count). The molecule has 102 valence electrons. The molecule has 4 nitrogen and oxygen atoms in total. The minimum absolute atomic E-state index is 0.757. The van der Waals surface area contributed by atoms with Crippen LogP contribution in [-0.4, -0.2) is 23.9 Å². The van der Waals surface area contributed by atoms with Crippen LogP contribution < -0.4 is 10.1 Å². The van der Waals surface area contributed by atoms with Crippen molar-refractivity contribution in [1.29, 1.82) is 0 Å². The van der Waals surface area contributed by atoms with Crippen molar-refractivity contribution in [1.82, 2.24) is 15.1 Å². The van der Waals surface area contributed by atoms with Crippen molar-refractivity contribution in [3.05, 3.63) is 45.7 Å². The fourth-order valence-corrected chi connectivity index (χ4v) is 2.59. The minimum Gasteiger partial charge on any atom is -0.496 e. The van der Waals surface area contributed by atoms with E-state index in [1.165, 1.54) is 11.1 Å². The van der Waals surface area contributed by atoms with Crippen molar-refractivity contribution in [2.75, 3.05) is 14.2 Å². The van der Waals surface area contributed by atoms with Gasteiger partial charge in [-0.1, -0.05) is 6.07 Å². The van der Waals surface area contributed by atoms with E-state index in [-0.39, 0.29) is 0 Å². The van der Waals surface area contributed by atoms with Crippen molar-refractivity contribution in [2.24, 2.45) is 0 Å². The van der Waals surface area contributed by atoms with Crippen molar-refractivity contribution in [2.45, 2.75) is 20.0 Å². The molecule has 2 aromatic rings. The van der Waals surface area contributed by atoms with Crippen LogP contribution >= 0.6 is 15.9 Å². The Balaban J connectivity index is 2.16. The Morgan fingerprint density at radius 1 is 1.42 bits per heavy atom. The number of benzene rings is 1. The van der Waals surface area contributed by atoms with Crippen LogP contribution in [0.2, 0.25) is 0 Å². The topological polar surface area (TPSA) is 39.1 Å². The van der Waals surface area contributed by atoms with Crippen LogP contribution in [0, 0.1) is 6.92 Å². The van der Waals surface area contributed by atoms with Crippen LogP contribution in [0.5, 0.6) is 5.75 Å². The lowest BCUT2D eigenvalue weighted by Gasteiger charge is -2.06. The Hall–Kier alpha value is -1.33. The van der Waals surface area contributed by atoms with Gasteiger partial charge in [0.1, 0.15) is 5.75 Å². The molecule has 0 aliphatic rings. The number of rotatable bonds is 5. The monoisotopic (exact) mass is 323 g/mol. The number of hydrogen-bond donors (Lipinski definition) is 1. The van der Waals surface area contributed by atoms with Crippen LogP contribution in [0.3, 0.4) is 0 Å². The van der Waals surface area contributed by atoms with Gasteiger partial charge in [0.25, 0.3) is 0 Å². The highest BCUT2D eigenvalue weighted by Crippen LogP contribution is 2.25. The summed E-state index contributed by atoms with van der Waals surface area (Å²) in [5.41, 5.74) is 3.49. The smallest absolute Gasteiger partial charge is 0.133 e. The summed E-state index contributed by atoms with van der Waals surface area (Å²) in [6.45, 7) is 3.64. The Morgan fingerprint density at radius 3 is 2.84 bits per heavy atom. The Morgan fingerprint density at radius 2 is 2.21 bits per heavy atom. The first-order valence-corrected chi connectivity index (χ1v) is 6.93. The molecule has 1 aromatic carbocycles. The second kappa shape index (κ2) is 6.21. The number of aryl methyl sites for hydroxylation is 1. The fraction of sp³-hybridized carbons (Fsp3) is 0.357. The Kier molecular flexibility index (Phi) is 4.61. The van der Waals surface area contributed by atoms with E-state index >= 15 is 0 Å². The maximum absolute atomic E-state index is 5.23. The SMILES string of the molecule is CNCc1cn(Cc2ccc(OC)c(Br)c2)nc1C. The number of methoxy groups -OCH3 is 1. The van der Waals surface area contributed by atoms with Crippen LogP contribution in [0.15, 0.2) is 28.9 Å². The van der Waals surface area contributed by atoms with Gasteiger partial charge in [-0.25, -0.2) is 0 Å². The third-order valence-corrected chi connectivity index (χ3v) is 3.60. The number of nitrogens with one attached hydrogen (secondary N) is 1. The highest BCUT2D eigenvalue weighted by Gasteiger charge is 2.06. The molecule has 0 amide bonds. The molecule has 5 heteroatoms. The van der Waals surface area contributed by atoms with Crippen LogP contribution in [0.4, 0.5) is 0 Å². The van der Waals surface area contributed by atoms with Crippen molar-refractivity contribution in [3.63, 3.8) is 0 Å². The highest BCUT2D eigenvalue weighted by atomic mass is 79.9. The average molecular weight is 324 g/mol. The molecule has 1 heterocycles. The van der Waals surface area contributed by atoms with Gasteiger partial charge in [-0.05, 0) is 47.6 Å². The quantitative estimate of drug-likeness (QED) is 0.919. The second-order valence-electron chi connectivity index (χ2n) is 4.44. The van der Waals surface area contributed by atoms with Gasteiger partial charge in [-0.15, -0.1) is 0 Å². The van der Waals surface area contributed by atoms with Gasteiger partial charge in [0.15, 0.2) is 0 Å². The van der Waals surface area contributed by atoms with Gasteiger partial charge in [0.2, 0.25) is 0 Å². The molecule has 0 aliphatic carbocycles. The largest absolute Gasteiger partial charge is 0.496 e. The van der Waals surface area contributed by atoms with Crippen LogP contribution in [0.1, 0.15) is 16.8 Å². The average Bonchev–Trinajstić information content (AvgIpc) is 2.70. The molecule has 0 spiro atoms. The summed E-state index contributed by atoms with van der Waals surface area (Å²) >= 11 is 3.50. The molecular weight excluding hydrogens is 306 g/mol. The number of halogens is 1. The van der Waals surface area contributed by atoms with Gasteiger partial charge in [0.05, 0.1) is 23.8 Å². The molecule has 0 radical (unpaired) electrons. The van der Waals surface area contributed by atoms with Crippen LogP contribution in [-0.2, 0) is 13.1 Å². The molecule has 0 bridgehead atoms. The molecule has 0 atom stereocenters. The summed E-state index contributed by atoms with van der Waals surface area (Å²) < 4.78 is 8.16. The number of ether oxygens (including phenoxy) is 1. The predicted molar refractivity (Wildman–Crippen MR) is 79.5 cm³/mol. The van der Waals surface area contributed by atoms with Gasteiger partial charge in [-0.3, -0.25) is 4.68 Å². The lowest BCUT2D eigenvalue weighted by atomic mass is 10.2. The third kappa shape index (κ3) is 3.36. The van der Waals surface area contributed by atoms with Gasteiger partial charge in [-0.2, -0.15) is 5.10 Å². The first-order chi connectivity index (χ1) is 9.13. The lowest BCUT2D eigenvalue weighted by Crippen LogP contribution is -2.05. The molecular formula is C14H18BrN3O. The molecule has 1 aromatic heterocycles. The zero-order valence-corrected chi connectivity index (χ0v) is 13.0. The molecule has 0 unspecified atom stereocenters. The summed E-state index contributed by atoms with van der Waals surface area (Å²) in [4.78, 5) is 0. The maximum atomic E-state index is 5.23. The third-order valence-electron chi connectivity index (χ3n) is 2.98. The van der Waals surface area contributed by atoms with E-state index in [9.17, 15) is 0 Å². The Bertz CT molecular complexity index is 566. The molecule has 0 aliphatic heterocycles. The predicted octanol–water partition coefficient (Wildman–Crippen LogP) is 2.73. The van der Waals surface area contributed by atoms with E-state index < -0.39 is 0 Å². The normalized spacial score (nSPS) is 10.7. The van der Waals surface area contributed by atoms with E-state index in [1.54, 1.807) is 7.11 Å². The standard InChI is InChI=1S/C14H18BrN3O/c1-10-12(7-16-2)9-18(17-10)8-11-4-5-14(19-3)13(15)6-11/h4-6,9,16H,7-8H2,1-3H3. The summed E-state index contributed by atoms with van der Waals surface area (Å²) in [5, 5.41) is 7.68. The van der Waals surface area contributed by atoms with Crippen molar-refractivity contribution in [3.8, 4) is 5.75 Å². The first-order valence-electron chi connectivity index (χ1n) is 6.14. The summed E-state index contributed by atoms with van der Waals surface area (Å²) in [5.74, 6) is 0.844. The number of nitrogens with zero attached hydrogens (tertiary/aromatic N) is 2. The number of aromatic nitrogens is 2. The summed E-state index contributed by atoms with van der Waals surface area (Å²) in [7, 11) is 3.61. The van der Waals surface area contributed by atoms with E-state index in [0.717, 1.165) is 29.0 Å². The van der Waals surface area contributed by atoms with E-state index in [4.69, 9.17) is 4.74 Å². The van der Waals surface area contributed by atoms with Gasteiger partial charge in [0, 0.05) is 18.3 Å². The van der Waals surface area contributed by atoms with Crippen LogP contribution in [0.25, 0.3) is 0 Å². The highest BCUT2D eigenvalue weighted by molar-refractivity contribution is 9.10. The lowest BCUT2D eigenvalue weighted by molar-refractivity contribution is 0.412. The van der Waals surface area contributed by atoms with Crippen molar-refractivity contribution >= 4 is 15.9 Å². The molecule has 0 saturated heterocycles. The van der Waals surface area contributed by atoms with E-state index in [1.807, 2.05) is 24.7 Å². The Labute approximate surface area is 121 Å².